The number of nitrogens with one attached hydrogen (secondary N) is 1. The standard InChI is InChI=1S/C18H24N2O2.ClH/c1-18(2,3)16(19)17(21)20-11-12-5-6-14-10-15(22-4)8-7-13(14)9-12;/h5-10,16H,11,19H2,1-4H3,(H,20,21);1H/t16-;/m1./s1. The second-order valence-corrected chi connectivity index (χ2v) is 6.61. The van der Waals surface area contributed by atoms with Gasteiger partial charge < -0.3 is 15.8 Å². The topological polar surface area (TPSA) is 64.3 Å². The fraction of sp³-hybridized carbons (Fsp3) is 0.389. The van der Waals surface area contributed by atoms with Crippen molar-refractivity contribution in [3.63, 3.8) is 0 Å². The highest BCUT2D eigenvalue weighted by molar-refractivity contribution is 5.86. The molecule has 0 heterocycles. The monoisotopic (exact) mass is 336 g/mol. The van der Waals surface area contributed by atoms with Crippen molar-refractivity contribution >= 4 is 29.1 Å². The van der Waals surface area contributed by atoms with Gasteiger partial charge in [-0.3, -0.25) is 4.79 Å². The van der Waals surface area contributed by atoms with Gasteiger partial charge in [-0.2, -0.15) is 0 Å². The Labute approximate surface area is 143 Å². The van der Waals surface area contributed by atoms with E-state index in [2.05, 4.69) is 11.4 Å². The SMILES string of the molecule is COc1ccc2cc(CNC(=O)[C@@H](N)C(C)(C)C)ccc2c1.Cl. The lowest BCUT2D eigenvalue weighted by molar-refractivity contribution is -0.124. The van der Waals surface area contributed by atoms with Crippen LogP contribution >= 0.6 is 12.4 Å². The second-order valence-electron chi connectivity index (χ2n) is 6.61. The van der Waals surface area contributed by atoms with Crippen molar-refractivity contribution in [2.45, 2.75) is 33.4 Å². The second kappa shape index (κ2) is 7.66. The minimum atomic E-state index is -0.516. The summed E-state index contributed by atoms with van der Waals surface area (Å²) in [6.07, 6.45) is 0. The van der Waals surface area contributed by atoms with Crippen molar-refractivity contribution in [1.29, 1.82) is 0 Å². The van der Waals surface area contributed by atoms with Crippen LogP contribution in [0.2, 0.25) is 0 Å². The molecule has 1 amide bonds. The van der Waals surface area contributed by atoms with Gasteiger partial charge in [0.05, 0.1) is 13.2 Å². The number of carbonyl (C=O) groups is 1. The zero-order valence-electron chi connectivity index (χ0n) is 14.1. The lowest BCUT2D eigenvalue weighted by atomic mass is 9.87. The van der Waals surface area contributed by atoms with Crippen LogP contribution < -0.4 is 15.8 Å². The van der Waals surface area contributed by atoms with E-state index in [9.17, 15) is 4.79 Å². The fourth-order valence-corrected chi connectivity index (χ4v) is 2.20. The first kappa shape index (κ1) is 19.3. The van der Waals surface area contributed by atoms with Crippen LogP contribution in [0, 0.1) is 5.41 Å². The van der Waals surface area contributed by atoms with Crippen molar-refractivity contribution in [3.8, 4) is 5.75 Å². The highest BCUT2D eigenvalue weighted by Crippen LogP contribution is 2.22. The number of benzene rings is 2. The molecule has 2 rings (SSSR count). The number of nitrogens with two attached hydrogens (primary N) is 1. The summed E-state index contributed by atoms with van der Waals surface area (Å²) < 4.78 is 5.22. The third-order valence-corrected chi connectivity index (χ3v) is 3.79. The van der Waals surface area contributed by atoms with Crippen molar-refractivity contribution in [1.82, 2.24) is 5.32 Å². The molecule has 0 aromatic heterocycles. The average Bonchev–Trinajstić information content (AvgIpc) is 2.50. The Morgan fingerprint density at radius 3 is 2.39 bits per heavy atom. The predicted molar refractivity (Wildman–Crippen MR) is 97.0 cm³/mol. The lowest BCUT2D eigenvalue weighted by Gasteiger charge is -2.25. The number of carbonyl (C=O) groups excluding carboxylic acids is 1. The molecule has 4 nitrogen and oxygen atoms in total. The number of rotatable bonds is 4. The smallest absolute Gasteiger partial charge is 0.237 e. The van der Waals surface area contributed by atoms with Gasteiger partial charge in [-0.05, 0) is 39.9 Å². The van der Waals surface area contributed by atoms with Gasteiger partial charge in [0.15, 0.2) is 0 Å². The number of amides is 1. The fourth-order valence-electron chi connectivity index (χ4n) is 2.20. The summed E-state index contributed by atoms with van der Waals surface area (Å²) >= 11 is 0. The Kier molecular flexibility index (Phi) is 6.42. The zero-order valence-corrected chi connectivity index (χ0v) is 14.9. The Hall–Kier alpha value is -1.78. The number of hydrogen-bond donors (Lipinski definition) is 2. The van der Waals surface area contributed by atoms with Gasteiger partial charge in [0.1, 0.15) is 5.75 Å². The van der Waals surface area contributed by atoms with Crippen LogP contribution in [0.1, 0.15) is 26.3 Å². The maximum atomic E-state index is 12.1. The maximum Gasteiger partial charge on any atom is 0.237 e. The van der Waals surface area contributed by atoms with E-state index in [-0.39, 0.29) is 23.7 Å². The molecular weight excluding hydrogens is 312 g/mol. The highest BCUT2D eigenvalue weighted by atomic mass is 35.5. The number of fused-ring (bicyclic) bond motifs is 1. The lowest BCUT2D eigenvalue weighted by Crippen LogP contribution is -2.48. The summed E-state index contributed by atoms with van der Waals surface area (Å²) in [7, 11) is 1.66. The molecule has 126 valence electrons. The van der Waals surface area contributed by atoms with E-state index in [1.807, 2.05) is 51.1 Å². The van der Waals surface area contributed by atoms with Crippen molar-refractivity contribution in [3.05, 3.63) is 42.0 Å². The van der Waals surface area contributed by atoms with E-state index in [1.54, 1.807) is 7.11 Å². The molecule has 23 heavy (non-hydrogen) atoms. The summed E-state index contributed by atoms with van der Waals surface area (Å²) in [6.45, 7) is 6.35. The van der Waals surface area contributed by atoms with Crippen molar-refractivity contribution in [2.75, 3.05) is 7.11 Å². The average molecular weight is 337 g/mol. The van der Waals surface area contributed by atoms with Crippen LogP contribution in [0.25, 0.3) is 10.8 Å². The predicted octanol–water partition coefficient (Wildman–Crippen LogP) is 3.26. The maximum absolute atomic E-state index is 12.1. The molecule has 0 aliphatic heterocycles. The third kappa shape index (κ3) is 4.85. The molecule has 0 spiro atoms. The summed E-state index contributed by atoms with van der Waals surface area (Å²) in [5.41, 5.74) is 6.76. The molecule has 2 aromatic rings. The van der Waals surface area contributed by atoms with E-state index >= 15 is 0 Å². The molecular formula is C18H25ClN2O2. The Morgan fingerprint density at radius 1 is 1.17 bits per heavy atom. The van der Waals surface area contributed by atoms with Crippen LogP contribution in [0.5, 0.6) is 5.75 Å². The first-order valence-electron chi connectivity index (χ1n) is 7.41. The highest BCUT2D eigenvalue weighted by Gasteiger charge is 2.27. The summed E-state index contributed by atoms with van der Waals surface area (Å²) in [5, 5.41) is 5.13. The van der Waals surface area contributed by atoms with Crippen molar-refractivity contribution in [2.24, 2.45) is 11.1 Å². The molecule has 3 N–H and O–H groups in total. The van der Waals surface area contributed by atoms with Crippen LogP contribution in [0.4, 0.5) is 0 Å². The van der Waals surface area contributed by atoms with Gasteiger partial charge >= 0.3 is 0 Å². The normalized spacial score (nSPS) is 12.4. The largest absolute Gasteiger partial charge is 0.497 e. The molecule has 0 saturated heterocycles. The van der Waals surface area contributed by atoms with E-state index in [0.717, 1.165) is 22.1 Å². The van der Waals surface area contributed by atoms with Gasteiger partial charge in [-0.1, -0.05) is 39.0 Å². The molecule has 0 aliphatic rings. The van der Waals surface area contributed by atoms with Gasteiger partial charge in [-0.15, -0.1) is 12.4 Å². The first-order chi connectivity index (χ1) is 10.3. The van der Waals surface area contributed by atoms with Crippen LogP contribution in [-0.2, 0) is 11.3 Å². The molecule has 0 bridgehead atoms. The number of halogens is 1. The van der Waals surface area contributed by atoms with Gasteiger partial charge in [0, 0.05) is 6.54 Å². The summed E-state index contributed by atoms with van der Waals surface area (Å²) in [6, 6.07) is 11.5. The van der Waals surface area contributed by atoms with Crippen molar-refractivity contribution < 1.29 is 9.53 Å². The Balaban J connectivity index is 0.00000264. The molecule has 0 fully saturated rings. The van der Waals surface area contributed by atoms with Crippen LogP contribution in [0.15, 0.2) is 36.4 Å². The minimum Gasteiger partial charge on any atom is -0.497 e. The Bertz CT molecular complexity index is 680. The molecule has 0 unspecified atom stereocenters. The van der Waals surface area contributed by atoms with E-state index in [4.69, 9.17) is 10.5 Å². The molecule has 1 atom stereocenters. The molecule has 5 heteroatoms. The van der Waals surface area contributed by atoms with Crippen LogP contribution in [-0.4, -0.2) is 19.1 Å². The molecule has 0 saturated carbocycles. The third-order valence-electron chi connectivity index (χ3n) is 3.79. The minimum absolute atomic E-state index is 0. The van der Waals surface area contributed by atoms with E-state index in [1.165, 1.54) is 0 Å². The summed E-state index contributed by atoms with van der Waals surface area (Å²) in [5.74, 6) is 0.715. The zero-order chi connectivity index (χ0) is 16.3. The Morgan fingerprint density at radius 2 is 1.78 bits per heavy atom. The van der Waals surface area contributed by atoms with Gasteiger partial charge in [0.25, 0.3) is 0 Å². The molecule has 0 radical (unpaired) electrons. The summed E-state index contributed by atoms with van der Waals surface area (Å²) in [4.78, 5) is 12.1. The van der Waals surface area contributed by atoms with Crippen LogP contribution in [0.3, 0.4) is 0 Å². The van der Waals surface area contributed by atoms with E-state index < -0.39 is 6.04 Å². The molecule has 0 aliphatic carbocycles. The van der Waals surface area contributed by atoms with Gasteiger partial charge in [0.2, 0.25) is 5.91 Å². The number of methoxy groups -OCH3 is 1. The quantitative estimate of drug-likeness (QED) is 0.900. The number of hydrogen-bond acceptors (Lipinski definition) is 3. The van der Waals surface area contributed by atoms with Gasteiger partial charge in [-0.25, -0.2) is 0 Å². The van der Waals surface area contributed by atoms with E-state index in [0.29, 0.717) is 6.54 Å². The molecule has 2 aromatic carbocycles. The number of ether oxygens (including phenoxy) is 1. The first-order valence-corrected chi connectivity index (χ1v) is 7.41.